The van der Waals surface area contributed by atoms with Crippen molar-refractivity contribution in [1.29, 1.82) is 0 Å². The first-order valence-corrected chi connectivity index (χ1v) is 6.74. The topological polar surface area (TPSA) is 89.7 Å². The van der Waals surface area contributed by atoms with Crippen LogP contribution < -0.4 is 4.74 Å². The van der Waals surface area contributed by atoms with Crippen LogP contribution in [0.5, 0.6) is 5.75 Å². The van der Waals surface area contributed by atoms with Gasteiger partial charge in [0, 0.05) is 23.3 Å². The first-order valence-electron chi connectivity index (χ1n) is 6.74. The Bertz CT molecular complexity index is 735. The molecule has 0 radical (unpaired) electrons. The summed E-state index contributed by atoms with van der Waals surface area (Å²) in [5, 5.41) is 20.9. The number of carbonyl (C=O) groups excluding carboxylic acids is 1. The normalized spacial score (nSPS) is 11.6. The van der Waals surface area contributed by atoms with E-state index in [1.807, 2.05) is 0 Å². The molecule has 6 heteroatoms. The third-order valence-corrected chi connectivity index (χ3v) is 3.39. The van der Waals surface area contributed by atoms with E-state index in [-0.39, 0.29) is 16.8 Å². The van der Waals surface area contributed by atoms with Crippen molar-refractivity contribution in [2.75, 3.05) is 7.11 Å². The molecule has 0 aliphatic carbocycles. The smallest absolute Gasteiger partial charge is 0.269 e. The highest BCUT2D eigenvalue weighted by molar-refractivity contribution is 6.09. The number of hydrogen-bond acceptors (Lipinski definition) is 5. The zero-order valence-corrected chi connectivity index (χ0v) is 12.4. The lowest BCUT2D eigenvalue weighted by Gasteiger charge is -2.14. The van der Waals surface area contributed by atoms with Gasteiger partial charge in [-0.1, -0.05) is 18.7 Å². The van der Waals surface area contributed by atoms with Crippen LogP contribution in [-0.2, 0) is 0 Å². The molecule has 2 aromatic rings. The SMILES string of the molecule is C=C(C(=O)c1ccc([N+](=O)[O-])cc1)[C@@H](O)c1ccc(OC)cc1. The summed E-state index contributed by atoms with van der Waals surface area (Å²) in [6.45, 7) is 3.64. The molecule has 0 aromatic heterocycles. The number of aliphatic hydroxyl groups is 1. The van der Waals surface area contributed by atoms with Crippen molar-refractivity contribution < 1.29 is 19.6 Å². The predicted molar refractivity (Wildman–Crippen MR) is 84.5 cm³/mol. The Morgan fingerprint density at radius 3 is 2.22 bits per heavy atom. The van der Waals surface area contributed by atoms with Gasteiger partial charge in [0.15, 0.2) is 5.78 Å². The van der Waals surface area contributed by atoms with E-state index in [0.29, 0.717) is 11.3 Å². The van der Waals surface area contributed by atoms with Crippen molar-refractivity contribution in [3.05, 3.63) is 81.9 Å². The number of aliphatic hydroxyl groups excluding tert-OH is 1. The van der Waals surface area contributed by atoms with Gasteiger partial charge in [0.05, 0.1) is 12.0 Å². The van der Waals surface area contributed by atoms with Crippen LogP contribution in [0.1, 0.15) is 22.0 Å². The molecule has 0 saturated heterocycles. The zero-order valence-electron chi connectivity index (χ0n) is 12.4. The monoisotopic (exact) mass is 313 g/mol. The fourth-order valence-electron chi connectivity index (χ4n) is 2.03. The summed E-state index contributed by atoms with van der Waals surface area (Å²) < 4.78 is 5.03. The van der Waals surface area contributed by atoms with Gasteiger partial charge in [0.25, 0.3) is 5.69 Å². The molecule has 0 fully saturated rings. The Morgan fingerprint density at radius 1 is 1.17 bits per heavy atom. The fourth-order valence-corrected chi connectivity index (χ4v) is 2.03. The molecule has 0 heterocycles. The van der Waals surface area contributed by atoms with Gasteiger partial charge in [-0.3, -0.25) is 14.9 Å². The number of non-ortho nitro benzene ring substituents is 1. The van der Waals surface area contributed by atoms with Gasteiger partial charge in [0.2, 0.25) is 0 Å². The van der Waals surface area contributed by atoms with Crippen LogP contribution in [0.4, 0.5) is 5.69 Å². The van der Waals surface area contributed by atoms with Crippen molar-refractivity contribution in [2.24, 2.45) is 0 Å². The summed E-state index contributed by atoms with van der Waals surface area (Å²) in [4.78, 5) is 22.4. The Morgan fingerprint density at radius 2 is 1.74 bits per heavy atom. The van der Waals surface area contributed by atoms with Gasteiger partial charge < -0.3 is 9.84 Å². The third-order valence-electron chi connectivity index (χ3n) is 3.39. The van der Waals surface area contributed by atoms with Gasteiger partial charge in [-0.05, 0) is 29.8 Å². The molecule has 1 atom stereocenters. The van der Waals surface area contributed by atoms with Crippen LogP contribution >= 0.6 is 0 Å². The second kappa shape index (κ2) is 6.85. The van der Waals surface area contributed by atoms with Crippen molar-refractivity contribution in [3.63, 3.8) is 0 Å². The molecular formula is C17H15NO5. The molecule has 0 bridgehead atoms. The lowest BCUT2D eigenvalue weighted by Crippen LogP contribution is -2.11. The summed E-state index contributed by atoms with van der Waals surface area (Å²) in [5.41, 5.74) is 0.617. The minimum atomic E-state index is -1.16. The number of nitro groups is 1. The number of carbonyl (C=O) groups is 1. The Labute approximate surface area is 132 Å². The van der Waals surface area contributed by atoms with Crippen molar-refractivity contribution >= 4 is 11.5 Å². The van der Waals surface area contributed by atoms with Crippen LogP contribution in [0.25, 0.3) is 0 Å². The van der Waals surface area contributed by atoms with Crippen molar-refractivity contribution in [3.8, 4) is 5.75 Å². The van der Waals surface area contributed by atoms with E-state index < -0.39 is 16.8 Å². The highest BCUT2D eigenvalue weighted by Gasteiger charge is 2.20. The van der Waals surface area contributed by atoms with Crippen LogP contribution in [0.3, 0.4) is 0 Å². The fraction of sp³-hybridized carbons (Fsp3) is 0.118. The molecule has 1 N–H and O–H groups in total. The average molecular weight is 313 g/mol. The maximum absolute atomic E-state index is 12.3. The molecule has 0 amide bonds. The first kappa shape index (κ1) is 16.4. The quantitative estimate of drug-likeness (QED) is 0.383. The molecule has 2 rings (SSSR count). The molecule has 118 valence electrons. The zero-order chi connectivity index (χ0) is 17.0. The van der Waals surface area contributed by atoms with Gasteiger partial charge in [-0.2, -0.15) is 0 Å². The summed E-state index contributed by atoms with van der Waals surface area (Å²) in [6, 6.07) is 11.8. The highest BCUT2D eigenvalue weighted by Crippen LogP contribution is 2.25. The molecule has 0 aliphatic rings. The lowest BCUT2D eigenvalue weighted by molar-refractivity contribution is -0.384. The van der Waals surface area contributed by atoms with E-state index >= 15 is 0 Å². The molecule has 0 aliphatic heterocycles. The van der Waals surface area contributed by atoms with Gasteiger partial charge in [-0.25, -0.2) is 0 Å². The lowest BCUT2D eigenvalue weighted by atomic mass is 9.95. The predicted octanol–water partition coefficient (Wildman–Crippen LogP) is 3.08. The largest absolute Gasteiger partial charge is 0.497 e. The van der Waals surface area contributed by atoms with E-state index in [4.69, 9.17) is 4.74 Å². The summed E-state index contributed by atoms with van der Waals surface area (Å²) in [6.07, 6.45) is -1.16. The van der Waals surface area contributed by atoms with E-state index in [2.05, 4.69) is 6.58 Å². The Kier molecular flexibility index (Phi) is 4.88. The molecule has 0 spiro atoms. The molecule has 0 saturated carbocycles. The summed E-state index contributed by atoms with van der Waals surface area (Å²) in [5.74, 6) is 0.163. The Hall–Kier alpha value is -2.99. The second-order valence-corrected chi connectivity index (χ2v) is 4.83. The number of hydrogen-bond donors (Lipinski definition) is 1. The number of nitro benzene ring substituents is 1. The summed E-state index contributed by atoms with van der Waals surface area (Å²) >= 11 is 0. The number of Topliss-reactive ketones (excluding diaryl/α,β-unsaturated/α-hetero) is 1. The first-order chi connectivity index (χ1) is 10.9. The van der Waals surface area contributed by atoms with Crippen molar-refractivity contribution in [2.45, 2.75) is 6.10 Å². The van der Waals surface area contributed by atoms with E-state index in [0.717, 1.165) is 0 Å². The number of benzene rings is 2. The minimum Gasteiger partial charge on any atom is -0.497 e. The number of ketones is 1. The van der Waals surface area contributed by atoms with Crippen LogP contribution in [0.2, 0.25) is 0 Å². The maximum atomic E-state index is 12.3. The van der Waals surface area contributed by atoms with Gasteiger partial charge >= 0.3 is 0 Å². The van der Waals surface area contributed by atoms with Gasteiger partial charge in [0.1, 0.15) is 11.9 Å². The van der Waals surface area contributed by atoms with E-state index in [9.17, 15) is 20.0 Å². The minimum absolute atomic E-state index is 0.0102. The van der Waals surface area contributed by atoms with E-state index in [1.165, 1.54) is 31.4 Å². The average Bonchev–Trinajstić information content (AvgIpc) is 2.60. The van der Waals surface area contributed by atoms with E-state index in [1.54, 1.807) is 24.3 Å². The van der Waals surface area contributed by atoms with Crippen LogP contribution in [-0.4, -0.2) is 22.9 Å². The molecule has 23 heavy (non-hydrogen) atoms. The standard InChI is InChI=1S/C17H15NO5/c1-11(17(20)13-5-9-15(23-2)10-6-13)16(19)12-3-7-14(8-4-12)18(21)22/h3-10,17,20H,1H2,2H3/t17-/m1/s1. The summed E-state index contributed by atoms with van der Waals surface area (Å²) in [7, 11) is 1.53. The van der Waals surface area contributed by atoms with Crippen molar-refractivity contribution in [1.82, 2.24) is 0 Å². The highest BCUT2D eigenvalue weighted by atomic mass is 16.6. The molecule has 6 nitrogen and oxygen atoms in total. The molecule has 2 aromatic carbocycles. The Balaban J connectivity index is 2.17. The van der Waals surface area contributed by atoms with Crippen LogP contribution in [0, 0.1) is 10.1 Å². The maximum Gasteiger partial charge on any atom is 0.269 e. The number of methoxy groups -OCH3 is 1. The molecular weight excluding hydrogens is 298 g/mol. The number of ether oxygens (including phenoxy) is 1. The number of rotatable bonds is 6. The van der Waals surface area contributed by atoms with Gasteiger partial charge in [-0.15, -0.1) is 0 Å². The molecule has 0 unspecified atom stereocenters. The van der Waals surface area contributed by atoms with Crippen LogP contribution in [0.15, 0.2) is 60.7 Å². The number of nitrogens with zero attached hydrogens (tertiary/aromatic N) is 1. The second-order valence-electron chi connectivity index (χ2n) is 4.83. The third kappa shape index (κ3) is 3.61.